The van der Waals surface area contributed by atoms with E-state index in [-0.39, 0.29) is 4.90 Å². The lowest BCUT2D eigenvalue weighted by Crippen LogP contribution is -1.96. The Hall–Kier alpha value is -3.18. The molecular formula is C24H21NO3S. The van der Waals surface area contributed by atoms with Crippen molar-refractivity contribution in [3.8, 4) is 22.6 Å². The fraction of sp³-hybridized carbons (Fsp3) is 0.125. The Morgan fingerprint density at radius 3 is 2.00 bits per heavy atom. The van der Waals surface area contributed by atoms with Gasteiger partial charge in [0.1, 0.15) is 5.69 Å². The molecule has 0 aliphatic carbocycles. The third kappa shape index (κ3) is 4.46. The molecule has 4 nitrogen and oxygen atoms in total. The maximum atomic E-state index is 11.8. The Kier molecular flexibility index (Phi) is 5.32. The van der Waals surface area contributed by atoms with E-state index in [1.54, 1.807) is 24.3 Å². The molecule has 29 heavy (non-hydrogen) atoms. The van der Waals surface area contributed by atoms with Crippen LogP contribution in [0.4, 0.5) is 0 Å². The first-order valence-electron chi connectivity index (χ1n) is 9.40. The van der Waals surface area contributed by atoms with Crippen LogP contribution in [0.3, 0.4) is 0 Å². The number of hydrogen-bond donors (Lipinski definition) is 0. The molecule has 5 heteroatoms. The van der Waals surface area contributed by atoms with Gasteiger partial charge in [0.25, 0.3) is 0 Å². The van der Waals surface area contributed by atoms with Crippen LogP contribution in [0.1, 0.15) is 11.5 Å². The van der Waals surface area contributed by atoms with Crippen LogP contribution >= 0.6 is 0 Å². The summed E-state index contributed by atoms with van der Waals surface area (Å²) in [7, 11) is -3.24. The minimum atomic E-state index is -3.24. The van der Waals surface area contributed by atoms with E-state index in [1.165, 1.54) is 11.8 Å². The zero-order valence-electron chi connectivity index (χ0n) is 16.1. The van der Waals surface area contributed by atoms with Crippen molar-refractivity contribution in [3.63, 3.8) is 0 Å². The standard InChI is InChI=1S/C24H21NO3S/c1-29(26,27)21-15-13-20(14-16-21)24-23(19-10-6-3-7-11-19)25-22(28-24)17-12-18-8-4-2-5-9-18/h2-11,13-16H,12,17H2,1H3. The van der Waals surface area contributed by atoms with Crippen LogP contribution < -0.4 is 0 Å². The minimum Gasteiger partial charge on any atom is -0.440 e. The van der Waals surface area contributed by atoms with Gasteiger partial charge < -0.3 is 4.42 Å². The van der Waals surface area contributed by atoms with Crippen LogP contribution in [0.25, 0.3) is 22.6 Å². The van der Waals surface area contributed by atoms with Gasteiger partial charge in [0.2, 0.25) is 0 Å². The van der Waals surface area contributed by atoms with Gasteiger partial charge >= 0.3 is 0 Å². The number of nitrogens with zero attached hydrogens (tertiary/aromatic N) is 1. The zero-order chi connectivity index (χ0) is 20.3. The van der Waals surface area contributed by atoms with Crippen LogP contribution in [0, 0.1) is 0 Å². The lowest BCUT2D eigenvalue weighted by atomic mass is 10.1. The van der Waals surface area contributed by atoms with Crippen molar-refractivity contribution >= 4 is 9.84 Å². The molecule has 0 bridgehead atoms. The normalized spacial score (nSPS) is 11.5. The van der Waals surface area contributed by atoms with Crippen molar-refractivity contribution < 1.29 is 12.8 Å². The Balaban J connectivity index is 1.70. The molecule has 0 saturated heterocycles. The van der Waals surface area contributed by atoms with Crippen molar-refractivity contribution in [3.05, 3.63) is 96.4 Å². The van der Waals surface area contributed by atoms with E-state index in [4.69, 9.17) is 9.40 Å². The van der Waals surface area contributed by atoms with Gasteiger partial charge in [-0.15, -0.1) is 0 Å². The molecule has 0 aliphatic heterocycles. The van der Waals surface area contributed by atoms with Gasteiger partial charge in [0, 0.05) is 23.8 Å². The third-order valence-corrected chi connectivity index (χ3v) is 5.86. The van der Waals surface area contributed by atoms with Crippen LogP contribution in [-0.4, -0.2) is 19.7 Å². The van der Waals surface area contributed by atoms with Crippen molar-refractivity contribution in [2.24, 2.45) is 0 Å². The fourth-order valence-corrected chi connectivity index (χ4v) is 3.84. The second-order valence-electron chi connectivity index (χ2n) is 6.93. The summed E-state index contributed by atoms with van der Waals surface area (Å²) in [5, 5.41) is 0. The smallest absolute Gasteiger partial charge is 0.195 e. The molecule has 0 atom stereocenters. The maximum Gasteiger partial charge on any atom is 0.195 e. The average Bonchev–Trinajstić information content (AvgIpc) is 3.17. The van der Waals surface area contributed by atoms with Gasteiger partial charge in [-0.25, -0.2) is 13.4 Å². The fourth-order valence-electron chi connectivity index (χ4n) is 3.21. The summed E-state index contributed by atoms with van der Waals surface area (Å²) in [5.74, 6) is 1.31. The van der Waals surface area contributed by atoms with E-state index in [0.717, 1.165) is 23.2 Å². The van der Waals surface area contributed by atoms with Crippen molar-refractivity contribution in [2.45, 2.75) is 17.7 Å². The zero-order valence-corrected chi connectivity index (χ0v) is 16.9. The largest absolute Gasteiger partial charge is 0.440 e. The number of hydrogen-bond acceptors (Lipinski definition) is 4. The number of rotatable bonds is 6. The highest BCUT2D eigenvalue weighted by Crippen LogP contribution is 2.33. The molecule has 4 rings (SSSR count). The van der Waals surface area contributed by atoms with Crippen LogP contribution in [-0.2, 0) is 22.7 Å². The van der Waals surface area contributed by atoms with Crippen molar-refractivity contribution in [1.82, 2.24) is 4.98 Å². The molecule has 0 saturated carbocycles. The summed E-state index contributed by atoms with van der Waals surface area (Å²) in [6.45, 7) is 0. The predicted octanol–water partition coefficient (Wildman–Crippen LogP) is 5.20. The molecular weight excluding hydrogens is 382 g/mol. The first kappa shape index (κ1) is 19.2. The highest BCUT2D eigenvalue weighted by atomic mass is 32.2. The maximum absolute atomic E-state index is 11.8. The molecule has 0 amide bonds. The van der Waals surface area contributed by atoms with Crippen LogP contribution in [0.15, 0.2) is 94.2 Å². The molecule has 0 fully saturated rings. The van der Waals surface area contributed by atoms with Gasteiger partial charge in [0.15, 0.2) is 21.5 Å². The van der Waals surface area contributed by atoms with E-state index in [1.807, 2.05) is 48.5 Å². The minimum absolute atomic E-state index is 0.284. The molecule has 3 aromatic carbocycles. The van der Waals surface area contributed by atoms with Crippen molar-refractivity contribution in [2.75, 3.05) is 6.26 Å². The number of aryl methyl sites for hydroxylation is 2. The van der Waals surface area contributed by atoms with E-state index in [2.05, 4.69) is 12.1 Å². The third-order valence-electron chi connectivity index (χ3n) is 4.73. The van der Waals surface area contributed by atoms with E-state index in [0.29, 0.717) is 18.1 Å². The Morgan fingerprint density at radius 1 is 0.759 bits per heavy atom. The highest BCUT2D eigenvalue weighted by Gasteiger charge is 2.17. The van der Waals surface area contributed by atoms with Crippen LogP contribution in [0.2, 0.25) is 0 Å². The van der Waals surface area contributed by atoms with Crippen LogP contribution in [0.5, 0.6) is 0 Å². The SMILES string of the molecule is CS(=O)(=O)c1ccc(-c2oc(CCc3ccccc3)nc2-c2ccccc2)cc1. The Bertz CT molecular complexity index is 1200. The molecule has 0 N–H and O–H groups in total. The number of sulfone groups is 1. The summed E-state index contributed by atoms with van der Waals surface area (Å²) in [5.41, 5.74) is 3.76. The molecule has 1 heterocycles. The van der Waals surface area contributed by atoms with Gasteiger partial charge in [-0.05, 0) is 36.2 Å². The Morgan fingerprint density at radius 2 is 1.38 bits per heavy atom. The second kappa shape index (κ2) is 8.05. The van der Waals surface area contributed by atoms with Gasteiger partial charge in [-0.1, -0.05) is 60.7 Å². The van der Waals surface area contributed by atoms with Gasteiger partial charge in [0.05, 0.1) is 4.90 Å². The second-order valence-corrected chi connectivity index (χ2v) is 8.95. The van der Waals surface area contributed by atoms with Gasteiger partial charge in [-0.3, -0.25) is 0 Å². The molecule has 0 aliphatic rings. The lowest BCUT2D eigenvalue weighted by Gasteiger charge is -2.03. The molecule has 1 aromatic heterocycles. The monoisotopic (exact) mass is 403 g/mol. The summed E-state index contributed by atoms with van der Waals surface area (Å²) >= 11 is 0. The van der Waals surface area contributed by atoms with E-state index in [9.17, 15) is 8.42 Å². The number of oxazole rings is 1. The summed E-state index contributed by atoms with van der Waals surface area (Å²) < 4.78 is 29.7. The van der Waals surface area contributed by atoms with Gasteiger partial charge in [-0.2, -0.15) is 0 Å². The lowest BCUT2D eigenvalue weighted by molar-refractivity contribution is 0.505. The molecule has 146 valence electrons. The molecule has 0 radical (unpaired) electrons. The average molecular weight is 404 g/mol. The summed E-state index contributed by atoms with van der Waals surface area (Å²) in [6.07, 6.45) is 2.72. The molecule has 0 unspecified atom stereocenters. The quantitative estimate of drug-likeness (QED) is 0.444. The first-order valence-corrected chi connectivity index (χ1v) is 11.3. The molecule has 0 spiro atoms. The Labute approximate surface area is 170 Å². The number of benzene rings is 3. The first-order chi connectivity index (χ1) is 14.0. The topological polar surface area (TPSA) is 60.2 Å². The number of aromatic nitrogens is 1. The van der Waals surface area contributed by atoms with E-state index >= 15 is 0 Å². The summed E-state index contributed by atoms with van der Waals surface area (Å²) in [4.78, 5) is 5.04. The predicted molar refractivity (Wildman–Crippen MR) is 114 cm³/mol. The van der Waals surface area contributed by atoms with Crippen molar-refractivity contribution in [1.29, 1.82) is 0 Å². The van der Waals surface area contributed by atoms with E-state index < -0.39 is 9.84 Å². The molecule has 4 aromatic rings. The highest BCUT2D eigenvalue weighted by molar-refractivity contribution is 7.90. The summed E-state index contributed by atoms with van der Waals surface area (Å²) in [6, 6.07) is 26.8.